The number of carbonyl (C=O) groups excluding carboxylic acids is 1. The number of carboxylic acid groups (broad SMARTS) is 1. The van der Waals surface area contributed by atoms with Crippen LogP contribution in [0.2, 0.25) is 10.0 Å². The topological polar surface area (TPSA) is 120 Å². The van der Waals surface area contributed by atoms with Gasteiger partial charge in [-0.05, 0) is 42.8 Å². The summed E-state index contributed by atoms with van der Waals surface area (Å²) >= 11 is 12.0. The van der Waals surface area contributed by atoms with Gasteiger partial charge in [-0.3, -0.25) is 14.9 Å². The van der Waals surface area contributed by atoms with Gasteiger partial charge in [0.2, 0.25) is 0 Å². The largest absolute Gasteiger partial charge is 0.561 e. The predicted molar refractivity (Wildman–Crippen MR) is 91.6 cm³/mol. The minimum Gasteiger partial charge on any atom is -0.561 e. The summed E-state index contributed by atoms with van der Waals surface area (Å²) in [6.45, 7) is 1.23. The monoisotopic (exact) mass is 384 g/mol. The van der Waals surface area contributed by atoms with Crippen molar-refractivity contribution in [3.8, 4) is 0 Å². The van der Waals surface area contributed by atoms with Crippen LogP contribution in [0.15, 0.2) is 36.4 Å². The Balaban J connectivity index is 2.89. The van der Waals surface area contributed by atoms with Gasteiger partial charge in [0.05, 0.1) is 10.5 Å². The average Bonchev–Trinajstić information content (AvgIpc) is 2.53. The van der Waals surface area contributed by atoms with Crippen LogP contribution in [-0.2, 0) is 10.2 Å². The molecule has 2 rings (SSSR count). The van der Waals surface area contributed by atoms with Crippen LogP contribution >= 0.6 is 23.2 Å². The quantitative estimate of drug-likeness (QED) is 0.482. The van der Waals surface area contributed by atoms with Gasteiger partial charge in [-0.15, -0.1) is 0 Å². The second-order valence-electron chi connectivity index (χ2n) is 5.37. The van der Waals surface area contributed by atoms with E-state index in [-0.39, 0.29) is 26.7 Å². The summed E-state index contributed by atoms with van der Waals surface area (Å²) in [6.07, 6.45) is 0. The van der Waals surface area contributed by atoms with Gasteiger partial charge < -0.3 is 10.2 Å². The molecule has 0 amide bonds. The van der Waals surface area contributed by atoms with Crippen molar-refractivity contribution < 1.29 is 24.7 Å². The third-order valence-corrected chi connectivity index (χ3v) is 4.45. The van der Waals surface area contributed by atoms with Crippen molar-refractivity contribution in [1.82, 2.24) is 0 Å². The number of rotatable bonds is 5. The van der Waals surface area contributed by atoms with E-state index >= 15 is 0 Å². The van der Waals surface area contributed by atoms with Gasteiger partial charge in [0.15, 0.2) is 0 Å². The van der Waals surface area contributed by atoms with Crippen molar-refractivity contribution >= 4 is 40.8 Å². The Kier molecular flexibility index (Phi) is 5.01. The number of nitrogens with zero attached hydrogens (tertiary/aromatic N) is 1. The third-order valence-electron chi connectivity index (χ3n) is 3.89. The fourth-order valence-electron chi connectivity index (χ4n) is 2.49. The molecule has 0 saturated heterocycles. The summed E-state index contributed by atoms with van der Waals surface area (Å²) in [5.74, 6) is -2.46. The van der Waals surface area contributed by atoms with Crippen molar-refractivity contribution in [2.75, 3.05) is 0 Å². The van der Waals surface area contributed by atoms with E-state index < -0.39 is 28.0 Å². The molecule has 0 aromatic heterocycles. The Morgan fingerprint density at radius 3 is 2.32 bits per heavy atom. The maximum absolute atomic E-state index is 12.1. The molecular weight excluding hydrogens is 373 g/mol. The van der Waals surface area contributed by atoms with Crippen LogP contribution in [0.25, 0.3) is 0 Å². The van der Waals surface area contributed by atoms with Gasteiger partial charge in [-0.25, -0.2) is 0 Å². The first-order valence-electron chi connectivity index (χ1n) is 6.82. The van der Waals surface area contributed by atoms with E-state index in [0.29, 0.717) is 0 Å². The summed E-state index contributed by atoms with van der Waals surface area (Å²) in [6, 6.07) is 7.25. The fraction of sp³-hybridized carbons (Fsp3) is 0.125. The molecule has 2 aromatic carbocycles. The third kappa shape index (κ3) is 3.29. The highest BCUT2D eigenvalue weighted by molar-refractivity contribution is 6.32. The molecule has 0 bridgehead atoms. The number of nitro groups is 1. The lowest BCUT2D eigenvalue weighted by Gasteiger charge is -2.27. The number of nitro benzene ring substituents is 1. The van der Waals surface area contributed by atoms with E-state index in [2.05, 4.69) is 0 Å². The fourth-order valence-corrected chi connectivity index (χ4v) is 2.97. The van der Waals surface area contributed by atoms with Crippen molar-refractivity contribution in [1.29, 1.82) is 0 Å². The highest BCUT2D eigenvalue weighted by Gasteiger charge is 2.44. The van der Waals surface area contributed by atoms with Crippen molar-refractivity contribution in [2.24, 2.45) is 0 Å². The Hall–Kier alpha value is -2.64. The Labute approximate surface area is 151 Å². The number of carbonyl (C=O) groups is 2. The zero-order valence-electron chi connectivity index (χ0n) is 12.7. The Bertz CT molecular complexity index is 898. The molecule has 0 saturated carbocycles. The number of hydrogen-bond acceptors (Lipinski definition) is 4. The highest BCUT2D eigenvalue weighted by atomic mass is 35.5. The second kappa shape index (κ2) is 6.70. The minimum atomic E-state index is -1.96. The van der Waals surface area contributed by atoms with E-state index in [4.69, 9.17) is 28.3 Å². The molecule has 0 aliphatic heterocycles. The lowest BCUT2D eigenvalue weighted by molar-refractivity contribution is -0.385. The first-order chi connectivity index (χ1) is 11.6. The van der Waals surface area contributed by atoms with Crippen LogP contribution in [0.1, 0.15) is 28.4 Å². The molecule has 0 fully saturated rings. The number of carboxylic acids is 1. The van der Waals surface area contributed by atoms with E-state index in [9.17, 15) is 24.8 Å². The van der Waals surface area contributed by atoms with Crippen LogP contribution in [0.4, 0.5) is 5.69 Å². The lowest BCUT2D eigenvalue weighted by Crippen LogP contribution is -2.35. The van der Waals surface area contributed by atoms with E-state index in [0.717, 1.165) is 12.1 Å². The number of hydrogen-bond donors (Lipinski definition) is 1. The Morgan fingerprint density at radius 2 is 1.80 bits per heavy atom. The zero-order chi connectivity index (χ0) is 18.9. The van der Waals surface area contributed by atoms with Gasteiger partial charge in [-0.1, -0.05) is 23.2 Å². The molecule has 0 aliphatic rings. The molecule has 0 radical (unpaired) electrons. The van der Waals surface area contributed by atoms with Gasteiger partial charge in [0, 0.05) is 20.9 Å². The lowest BCUT2D eigenvalue weighted by atomic mass is 9.75. The number of benzene rings is 2. The molecule has 2 aromatic rings. The normalized spacial score (nSPS) is 13.1. The van der Waals surface area contributed by atoms with Gasteiger partial charge in [0.1, 0.15) is 11.0 Å². The summed E-state index contributed by atoms with van der Waals surface area (Å²) in [5.41, 5.74) is -2.74. The molecule has 0 heterocycles. The molecule has 0 spiro atoms. The molecule has 7 nitrogen and oxygen atoms in total. The summed E-state index contributed by atoms with van der Waals surface area (Å²) in [4.78, 5) is 34.0. The van der Waals surface area contributed by atoms with E-state index in [1.54, 1.807) is 0 Å². The molecular formula is C16H12Cl2NO6+. The Morgan fingerprint density at radius 1 is 1.16 bits per heavy atom. The molecule has 1 atom stereocenters. The second-order valence-corrected chi connectivity index (χ2v) is 6.22. The molecule has 0 aliphatic carbocycles. The van der Waals surface area contributed by atoms with Crippen molar-refractivity contribution in [3.05, 3.63) is 73.2 Å². The number of halogens is 2. The van der Waals surface area contributed by atoms with Crippen LogP contribution in [0, 0.1) is 10.1 Å². The van der Waals surface area contributed by atoms with E-state index in [1.165, 1.54) is 31.2 Å². The standard InChI is InChI=1S/C16H11Cl2NO6/c1-16(15(22)23,10-6-8(14(20)21)2-4-12(10)18)11-7-9(17)3-5-13(11)19(24)25/h2-7H,1H3,(H,20,21)(H,22,23)/p+1/t16-/m0/s1. The maximum atomic E-state index is 12.1. The molecule has 25 heavy (non-hydrogen) atoms. The molecule has 130 valence electrons. The first-order valence-corrected chi connectivity index (χ1v) is 7.58. The van der Waals surface area contributed by atoms with Gasteiger partial charge in [-0.2, -0.15) is 0 Å². The van der Waals surface area contributed by atoms with Gasteiger partial charge >= 0.3 is 11.9 Å². The maximum Gasteiger partial charge on any atom is 0.549 e. The summed E-state index contributed by atoms with van der Waals surface area (Å²) < 4.78 is 0. The van der Waals surface area contributed by atoms with Crippen molar-refractivity contribution in [3.63, 3.8) is 0 Å². The summed E-state index contributed by atoms with van der Waals surface area (Å²) in [7, 11) is 0. The number of aliphatic carboxylic acids is 1. The minimum absolute atomic E-state index is 0.0100. The SMILES string of the molecule is C[C@](C(=O)O)(c1cc(C(=O)[OH2+])ccc1Cl)c1cc(Cl)ccc1[N+](=O)[O-]. The van der Waals surface area contributed by atoms with Crippen molar-refractivity contribution in [2.45, 2.75) is 12.3 Å². The van der Waals surface area contributed by atoms with Crippen LogP contribution in [0.3, 0.4) is 0 Å². The van der Waals surface area contributed by atoms with Crippen LogP contribution < -0.4 is 0 Å². The van der Waals surface area contributed by atoms with Crippen LogP contribution in [0.5, 0.6) is 0 Å². The van der Waals surface area contributed by atoms with Crippen LogP contribution in [-0.4, -0.2) is 27.1 Å². The first kappa shape index (κ1) is 18.7. The summed E-state index contributed by atoms with van der Waals surface area (Å²) in [5, 5.41) is 28.5. The zero-order valence-corrected chi connectivity index (χ0v) is 14.3. The molecule has 3 N–H and O–H groups in total. The van der Waals surface area contributed by atoms with Gasteiger partial charge in [0.25, 0.3) is 5.69 Å². The molecule has 9 heteroatoms. The average molecular weight is 385 g/mol. The highest BCUT2D eigenvalue weighted by Crippen LogP contribution is 2.42. The molecule has 0 unspecified atom stereocenters. The predicted octanol–water partition coefficient (Wildman–Crippen LogP) is 3.16. The van der Waals surface area contributed by atoms with E-state index in [1.807, 2.05) is 0 Å². The smallest absolute Gasteiger partial charge is 0.549 e.